The van der Waals surface area contributed by atoms with Crippen molar-refractivity contribution in [2.45, 2.75) is 38.0 Å². The number of halogens is 3. The Labute approximate surface area is 98.6 Å². The van der Waals surface area contributed by atoms with Crippen LogP contribution in [0, 0.1) is 6.92 Å². The summed E-state index contributed by atoms with van der Waals surface area (Å²) in [5, 5.41) is 0. The number of benzene rings is 1. The average Bonchev–Trinajstić information content (AvgIpc) is 2.27. The summed E-state index contributed by atoms with van der Waals surface area (Å²) in [6.45, 7) is 1.85. The van der Waals surface area contributed by atoms with Crippen molar-refractivity contribution >= 4 is 0 Å². The van der Waals surface area contributed by atoms with Crippen molar-refractivity contribution in [3.8, 4) is 0 Å². The first-order valence-corrected chi connectivity index (χ1v) is 5.63. The zero-order chi connectivity index (χ0) is 12.7. The normalized spacial score (nSPS) is 24.5. The standard InChI is InChI=1S/C13H15F3O/c1-9-5-3-7-11-10(9)6-4-8-12(11,17-2)13(14,15)16/h3,5,7H,4,6,8H2,1-2H3. The predicted octanol–water partition coefficient (Wildman–Crippen LogP) is 3.74. The van der Waals surface area contributed by atoms with E-state index in [0.717, 1.165) is 18.2 Å². The van der Waals surface area contributed by atoms with Gasteiger partial charge in [-0.1, -0.05) is 18.2 Å². The van der Waals surface area contributed by atoms with Crippen molar-refractivity contribution in [1.29, 1.82) is 0 Å². The molecule has 0 fully saturated rings. The van der Waals surface area contributed by atoms with Gasteiger partial charge in [0.2, 0.25) is 0 Å². The topological polar surface area (TPSA) is 9.23 Å². The molecule has 1 aromatic carbocycles. The van der Waals surface area contributed by atoms with E-state index in [1.807, 2.05) is 13.0 Å². The number of methoxy groups -OCH3 is 1. The van der Waals surface area contributed by atoms with Crippen LogP contribution in [0.3, 0.4) is 0 Å². The molecule has 0 amide bonds. The number of hydrogen-bond donors (Lipinski definition) is 0. The molecule has 4 heteroatoms. The Morgan fingerprint density at radius 3 is 2.59 bits per heavy atom. The van der Waals surface area contributed by atoms with E-state index in [2.05, 4.69) is 0 Å². The van der Waals surface area contributed by atoms with Gasteiger partial charge in [0, 0.05) is 7.11 Å². The van der Waals surface area contributed by atoms with Crippen LogP contribution in [0.2, 0.25) is 0 Å². The number of rotatable bonds is 1. The van der Waals surface area contributed by atoms with Crippen LogP contribution in [-0.2, 0) is 16.8 Å². The summed E-state index contributed by atoms with van der Waals surface area (Å²) in [6, 6.07) is 5.05. The molecule has 1 unspecified atom stereocenters. The van der Waals surface area contributed by atoms with Crippen molar-refractivity contribution < 1.29 is 17.9 Å². The van der Waals surface area contributed by atoms with Gasteiger partial charge in [0.25, 0.3) is 0 Å². The van der Waals surface area contributed by atoms with E-state index in [0.29, 0.717) is 18.4 Å². The van der Waals surface area contributed by atoms with Gasteiger partial charge in [0.1, 0.15) is 0 Å². The Bertz CT molecular complexity index is 425. The van der Waals surface area contributed by atoms with Crippen LogP contribution in [0.15, 0.2) is 18.2 Å². The molecule has 1 nitrogen and oxygen atoms in total. The van der Waals surface area contributed by atoms with E-state index in [9.17, 15) is 13.2 Å². The van der Waals surface area contributed by atoms with Crippen molar-refractivity contribution in [2.24, 2.45) is 0 Å². The fraction of sp³-hybridized carbons (Fsp3) is 0.538. The van der Waals surface area contributed by atoms with E-state index in [-0.39, 0.29) is 6.42 Å². The molecule has 0 heterocycles. The number of alkyl halides is 3. The average molecular weight is 244 g/mol. The van der Waals surface area contributed by atoms with Gasteiger partial charge in [-0.25, -0.2) is 0 Å². The van der Waals surface area contributed by atoms with Gasteiger partial charge in [0.15, 0.2) is 5.60 Å². The highest BCUT2D eigenvalue weighted by atomic mass is 19.4. The molecular weight excluding hydrogens is 229 g/mol. The fourth-order valence-corrected chi connectivity index (χ4v) is 2.68. The summed E-state index contributed by atoms with van der Waals surface area (Å²) in [7, 11) is 1.14. The van der Waals surface area contributed by atoms with Crippen LogP contribution in [0.1, 0.15) is 29.5 Å². The summed E-state index contributed by atoms with van der Waals surface area (Å²) in [5.41, 5.74) is -0.128. The third kappa shape index (κ3) is 1.75. The molecule has 1 atom stereocenters. The molecular formula is C13H15F3O. The van der Waals surface area contributed by atoms with E-state index in [1.165, 1.54) is 0 Å². The Kier molecular flexibility index (Phi) is 2.94. The monoisotopic (exact) mass is 244 g/mol. The van der Waals surface area contributed by atoms with Crippen LogP contribution in [0.4, 0.5) is 13.2 Å². The second-order valence-electron chi connectivity index (χ2n) is 4.48. The lowest BCUT2D eigenvalue weighted by Crippen LogP contribution is -2.46. The quantitative estimate of drug-likeness (QED) is 0.731. The van der Waals surface area contributed by atoms with Crippen molar-refractivity contribution in [2.75, 3.05) is 7.11 Å². The van der Waals surface area contributed by atoms with E-state index >= 15 is 0 Å². The number of ether oxygens (including phenoxy) is 1. The van der Waals surface area contributed by atoms with Crippen molar-refractivity contribution in [1.82, 2.24) is 0 Å². The third-order valence-electron chi connectivity index (χ3n) is 3.61. The summed E-state index contributed by atoms with van der Waals surface area (Å²) in [5.74, 6) is 0. The van der Waals surface area contributed by atoms with Crippen LogP contribution in [0.25, 0.3) is 0 Å². The Balaban J connectivity index is 2.64. The molecule has 17 heavy (non-hydrogen) atoms. The van der Waals surface area contributed by atoms with Gasteiger partial charge in [-0.15, -0.1) is 0 Å². The lowest BCUT2D eigenvalue weighted by atomic mass is 9.77. The van der Waals surface area contributed by atoms with Gasteiger partial charge in [-0.05, 0) is 42.9 Å². The van der Waals surface area contributed by atoms with Crippen LogP contribution in [0.5, 0.6) is 0 Å². The van der Waals surface area contributed by atoms with E-state index in [1.54, 1.807) is 12.1 Å². The first-order valence-electron chi connectivity index (χ1n) is 5.63. The fourth-order valence-electron chi connectivity index (χ4n) is 2.68. The van der Waals surface area contributed by atoms with E-state index in [4.69, 9.17) is 4.74 Å². The van der Waals surface area contributed by atoms with Gasteiger partial charge < -0.3 is 4.74 Å². The highest BCUT2D eigenvalue weighted by Crippen LogP contribution is 2.49. The van der Waals surface area contributed by atoms with Crippen LogP contribution >= 0.6 is 0 Å². The Hall–Kier alpha value is -1.03. The first-order chi connectivity index (χ1) is 7.92. The molecule has 0 saturated carbocycles. The molecule has 0 bridgehead atoms. The number of hydrogen-bond acceptors (Lipinski definition) is 1. The summed E-state index contributed by atoms with van der Waals surface area (Å²) in [6.07, 6.45) is -3.16. The number of aryl methyl sites for hydroxylation is 1. The molecule has 94 valence electrons. The smallest absolute Gasteiger partial charge is 0.364 e. The molecule has 0 N–H and O–H groups in total. The molecule has 1 aliphatic rings. The maximum absolute atomic E-state index is 13.3. The molecule has 0 radical (unpaired) electrons. The zero-order valence-corrected chi connectivity index (χ0v) is 9.90. The second-order valence-corrected chi connectivity index (χ2v) is 4.48. The van der Waals surface area contributed by atoms with E-state index < -0.39 is 11.8 Å². The zero-order valence-electron chi connectivity index (χ0n) is 9.90. The summed E-state index contributed by atoms with van der Waals surface area (Å²) >= 11 is 0. The lowest BCUT2D eigenvalue weighted by Gasteiger charge is -2.39. The van der Waals surface area contributed by atoms with Crippen molar-refractivity contribution in [3.63, 3.8) is 0 Å². The van der Waals surface area contributed by atoms with Crippen LogP contribution in [-0.4, -0.2) is 13.3 Å². The lowest BCUT2D eigenvalue weighted by molar-refractivity contribution is -0.281. The molecule has 0 spiro atoms. The molecule has 0 saturated heterocycles. The molecule has 2 rings (SSSR count). The molecule has 0 aromatic heterocycles. The maximum atomic E-state index is 13.3. The highest BCUT2D eigenvalue weighted by Gasteiger charge is 2.58. The largest absolute Gasteiger partial charge is 0.421 e. The first kappa shape index (κ1) is 12.4. The maximum Gasteiger partial charge on any atom is 0.421 e. The minimum atomic E-state index is -4.37. The van der Waals surface area contributed by atoms with Gasteiger partial charge in [-0.2, -0.15) is 13.2 Å². The minimum Gasteiger partial charge on any atom is -0.364 e. The van der Waals surface area contributed by atoms with Gasteiger partial charge in [-0.3, -0.25) is 0 Å². The minimum absolute atomic E-state index is 0.00343. The van der Waals surface area contributed by atoms with Gasteiger partial charge in [0.05, 0.1) is 0 Å². The number of fused-ring (bicyclic) bond motifs is 1. The summed E-state index contributed by atoms with van der Waals surface area (Å²) in [4.78, 5) is 0. The Morgan fingerprint density at radius 1 is 1.29 bits per heavy atom. The highest BCUT2D eigenvalue weighted by molar-refractivity contribution is 5.41. The summed E-state index contributed by atoms with van der Waals surface area (Å²) < 4.78 is 44.7. The third-order valence-corrected chi connectivity index (χ3v) is 3.61. The molecule has 0 aliphatic heterocycles. The molecule has 1 aliphatic carbocycles. The van der Waals surface area contributed by atoms with Gasteiger partial charge >= 0.3 is 6.18 Å². The SMILES string of the molecule is COC1(C(F)(F)F)CCCc2c(C)cccc21. The second kappa shape index (κ2) is 4.02. The van der Waals surface area contributed by atoms with Crippen molar-refractivity contribution in [3.05, 3.63) is 34.9 Å². The predicted molar refractivity (Wildman–Crippen MR) is 58.9 cm³/mol. The van der Waals surface area contributed by atoms with Crippen LogP contribution < -0.4 is 0 Å². The molecule has 1 aromatic rings. The Morgan fingerprint density at radius 2 is 2.00 bits per heavy atom.